The van der Waals surface area contributed by atoms with Crippen LogP contribution in [0.15, 0.2) is 30.3 Å². The number of methoxy groups -OCH3 is 1. The van der Waals surface area contributed by atoms with Crippen LogP contribution in [0.5, 0.6) is 0 Å². The lowest BCUT2D eigenvalue weighted by atomic mass is 10.1. The van der Waals surface area contributed by atoms with Crippen LogP contribution in [0.4, 0.5) is 4.79 Å². The van der Waals surface area contributed by atoms with E-state index >= 15 is 0 Å². The van der Waals surface area contributed by atoms with E-state index in [2.05, 4.69) is 15.4 Å². The van der Waals surface area contributed by atoms with Crippen molar-refractivity contribution in [3.63, 3.8) is 0 Å². The van der Waals surface area contributed by atoms with E-state index in [0.717, 1.165) is 5.56 Å². The molecule has 0 radical (unpaired) electrons. The van der Waals surface area contributed by atoms with Crippen molar-refractivity contribution in [3.8, 4) is 0 Å². The van der Waals surface area contributed by atoms with Crippen molar-refractivity contribution in [2.24, 2.45) is 0 Å². The van der Waals surface area contributed by atoms with E-state index in [0.29, 0.717) is 0 Å². The molecule has 1 rings (SSSR count). The normalized spacial score (nSPS) is 12.9. The number of hydrogen-bond acceptors (Lipinski definition) is 7. The zero-order valence-electron chi connectivity index (χ0n) is 17.3. The first-order valence-electron chi connectivity index (χ1n) is 9.09. The molecule has 0 aromatic heterocycles. The monoisotopic (exact) mass is 408 g/mol. The quantitative estimate of drug-likeness (QED) is 0.496. The molecule has 9 heteroatoms. The Morgan fingerprint density at radius 2 is 1.66 bits per heavy atom. The molecule has 2 amide bonds. The SMILES string of the molecule is COC(=O)[C@@H](C)NC(=O)[C@H](CC(=O)OC(C)(C)C)NC(=O)OCc1ccccc1. The first-order chi connectivity index (χ1) is 13.5. The van der Waals surface area contributed by atoms with Crippen molar-refractivity contribution in [1.29, 1.82) is 0 Å². The Hall–Kier alpha value is -3.10. The second kappa shape index (κ2) is 11.0. The van der Waals surface area contributed by atoms with E-state index < -0.39 is 48.0 Å². The fraction of sp³-hybridized carbons (Fsp3) is 0.500. The molecule has 0 aliphatic heterocycles. The molecule has 0 unspecified atom stereocenters. The third-order valence-electron chi connectivity index (χ3n) is 3.53. The number of hydrogen-bond donors (Lipinski definition) is 2. The lowest BCUT2D eigenvalue weighted by Crippen LogP contribution is -2.52. The Bertz CT molecular complexity index is 713. The topological polar surface area (TPSA) is 120 Å². The summed E-state index contributed by atoms with van der Waals surface area (Å²) >= 11 is 0. The fourth-order valence-electron chi connectivity index (χ4n) is 2.22. The maximum Gasteiger partial charge on any atom is 0.408 e. The van der Waals surface area contributed by atoms with Gasteiger partial charge in [-0.25, -0.2) is 9.59 Å². The highest BCUT2D eigenvalue weighted by molar-refractivity contribution is 5.92. The van der Waals surface area contributed by atoms with Crippen molar-refractivity contribution in [1.82, 2.24) is 10.6 Å². The predicted octanol–water partition coefficient (Wildman–Crippen LogP) is 1.69. The summed E-state index contributed by atoms with van der Waals surface area (Å²) in [6.45, 7) is 6.45. The van der Waals surface area contributed by atoms with Gasteiger partial charge in [0.2, 0.25) is 5.91 Å². The maximum absolute atomic E-state index is 12.5. The summed E-state index contributed by atoms with van der Waals surface area (Å²) in [4.78, 5) is 48.2. The van der Waals surface area contributed by atoms with Crippen LogP contribution in [-0.2, 0) is 35.2 Å². The highest BCUT2D eigenvalue weighted by atomic mass is 16.6. The zero-order chi connectivity index (χ0) is 22.0. The third kappa shape index (κ3) is 9.59. The molecule has 0 heterocycles. The molecule has 0 fully saturated rings. The van der Waals surface area contributed by atoms with Crippen molar-refractivity contribution in [2.45, 2.75) is 58.4 Å². The maximum atomic E-state index is 12.5. The van der Waals surface area contributed by atoms with Gasteiger partial charge in [-0.1, -0.05) is 30.3 Å². The molecular weight excluding hydrogens is 380 g/mol. The molecule has 2 N–H and O–H groups in total. The lowest BCUT2D eigenvalue weighted by Gasteiger charge is -2.23. The molecular formula is C20H28N2O7. The van der Waals surface area contributed by atoms with Crippen molar-refractivity contribution < 1.29 is 33.4 Å². The number of nitrogens with one attached hydrogen (secondary N) is 2. The number of benzene rings is 1. The van der Waals surface area contributed by atoms with Gasteiger partial charge in [0.05, 0.1) is 13.5 Å². The molecule has 0 aliphatic carbocycles. The Balaban J connectivity index is 2.77. The number of alkyl carbamates (subject to hydrolysis) is 1. The summed E-state index contributed by atoms with van der Waals surface area (Å²) in [7, 11) is 1.18. The van der Waals surface area contributed by atoms with E-state index in [1.165, 1.54) is 14.0 Å². The largest absolute Gasteiger partial charge is 0.467 e. The summed E-state index contributed by atoms with van der Waals surface area (Å²) in [6, 6.07) is 6.71. The van der Waals surface area contributed by atoms with Crippen molar-refractivity contribution in [3.05, 3.63) is 35.9 Å². The van der Waals surface area contributed by atoms with Gasteiger partial charge in [-0.15, -0.1) is 0 Å². The molecule has 1 aromatic rings. The summed E-state index contributed by atoms with van der Waals surface area (Å²) in [5, 5.41) is 4.73. The highest BCUT2D eigenvalue weighted by Gasteiger charge is 2.29. The zero-order valence-corrected chi connectivity index (χ0v) is 17.3. The van der Waals surface area contributed by atoms with Gasteiger partial charge in [0.15, 0.2) is 0 Å². The van der Waals surface area contributed by atoms with E-state index in [-0.39, 0.29) is 6.61 Å². The number of rotatable bonds is 8. The van der Waals surface area contributed by atoms with Gasteiger partial charge in [-0.05, 0) is 33.3 Å². The second-order valence-corrected chi connectivity index (χ2v) is 7.30. The van der Waals surface area contributed by atoms with Crippen LogP contribution in [0.3, 0.4) is 0 Å². The van der Waals surface area contributed by atoms with Gasteiger partial charge >= 0.3 is 18.0 Å². The molecule has 0 spiro atoms. The fourth-order valence-corrected chi connectivity index (χ4v) is 2.22. The molecule has 1 aromatic carbocycles. The first kappa shape index (κ1) is 23.9. The van der Waals surface area contributed by atoms with Crippen LogP contribution in [0.2, 0.25) is 0 Å². The van der Waals surface area contributed by atoms with Gasteiger partial charge in [0.1, 0.15) is 24.3 Å². The smallest absolute Gasteiger partial charge is 0.408 e. The van der Waals surface area contributed by atoms with E-state index in [1.807, 2.05) is 6.07 Å². The van der Waals surface area contributed by atoms with Gasteiger partial charge < -0.3 is 24.8 Å². The Kier molecular flexibility index (Phi) is 9.11. The van der Waals surface area contributed by atoms with Crippen LogP contribution in [0, 0.1) is 0 Å². The standard InChI is InChI=1S/C20H28N2O7/c1-13(18(25)27-5)21-17(24)15(11-16(23)29-20(2,3)4)22-19(26)28-12-14-9-7-6-8-10-14/h6-10,13,15H,11-12H2,1-5H3,(H,21,24)(H,22,26)/t13-,15+/m1/s1. The number of esters is 2. The molecule has 0 saturated heterocycles. The lowest BCUT2D eigenvalue weighted by molar-refractivity contribution is -0.156. The van der Waals surface area contributed by atoms with Crippen molar-refractivity contribution in [2.75, 3.05) is 7.11 Å². The Morgan fingerprint density at radius 3 is 2.21 bits per heavy atom. The minimum Gasteiger partial charge on any atom is -0.467 e. The molecule has 9 nitrogen and oxygen atoms in total. The Morgan fingerprint density at radius 1 is 1.03 bits per heavy atom. The molecule has 29 heavy (non-hydrogen) atoms. The highest BCUT2D eigenvalue weighted by Crippen LogP contribution is 2.10. The van der Waals surface area contributed by atoms with Gasteiger partial charge in [-0.2, -0.15) is 0 Å². The average molecular weight is 408 g/mol. The summed E-state index contributed by atoms with van der Waals surface area (Å²) < 4.78 is 14.8. The van der Waals surface area contributed by atoms with Gasteiger partial charge in [0, 0.05) is 0 Å². The Labute approximate surface area is 170 Å². The van der Waals surface area contributed by atoms with Crippen LogP contribution >= 0.6 is 0 Å². The van der Waals surface area contributed by atoms with Gasteiger partial charge in [0.25, 0.3) is 0 Å². The molecule has 0 aliphatic rings. The number of amides is 2. The predicted molar refractivity (Wildman–Crippen MR) is 104 cm³/mol. The van der Waals surface area contributed by atoms with Crippen LogP contribution in [-0.4, -0.2) is 48.7 Å². The second-order valence-electron chi connectivity index (χ2n) is 7.30. The van der Waals surface area contributed by atoms with Crippen LogP contribution in [0.1, 0.15) is 39.7 Å². The van der Waals surface area contributed by atoms with Gasteiger partial charge in [-0.3, -0.25) is 9.59 Å². The minimum absolute atomic E-state index is 0.00792. The molecule has 0 saturated carbocycles. The average Bonchev–Trinajstić information content (AvgIpc) is 2.64. The van der Waals surface area contributed by atoms with Crippen molar-refractivity contribution >= 4 is 23.9 Å². The summed E-state index contributed by atoms with van der Waals surface area (Å²) in [5.41, 5.74) is 0.000664. The summed E-state index contributed by atoms with van der Waals surface area (Å²) in [6.07, 6.45) is -1.32. The van der Waals surface area contributed by atoms with E-state index in [4.69, 9.17) is 9.47 Å². The van der Waals surface area contributed by atoms with Crippen LogP contribution < -0.4 is 10.6 Å². The number of carbonyl (C=O) groups excluding carboxylic acids is 4. The minimum atomic E-state index is -1.29. The van der Waals surface area contributed by atoms with E-state index in [1.54, 1.807) is 45.0 Å². The molecule has 0 bridgehead atoms. The van der Waals surface area contributed by atoms with Crippen LogP contribution in [0.25, 0.3) is 0 Å². The summed E-state index contributed by atoms with van der Waals surface area (Å²) in [5.74, 6) is -2.10. The molecule has 2 atom stereocenters. The van der Waals surface area contributed by atoms with E-state index in [9.17, 15) is 19.2 Å². The third-order valence-corrected chi connectivity index (χ3v) is 3.53. The molecule has 160 valence electrons. The number of ether oxygens (including phenoxy) is 3. The number of carbonyl (C=O) groups is 4. The first-order valence-corrected chi connectivity index (χ1v) is 9.09.